The molecule has 1 amide bonds. The van der Waals surface area contributed by atoms with Crippen molar-refractivity contribution in [2.75, 3.05) is 26.0 Å². The molecule has 0 bridgehead atoms. The predicted octanol–water partition coefficient (Wildman–Crippen LogP) is 5.42. The van der Waals surface area contributed by atoms with Crippen molar-refractivity contribution in [1.29, 1.82) is 5.26 Å². The largest absolute Gasteiger partial charge is 0.493 e. The first kappa shape index (κ1) is 27.6. The van der Waals surface area contributed by atoms with Crippen LogP contribution in [0, 0.1) is 23.1 Å². The number of sulfonamides is 1. The van der Waals surface area contributed by atoms with E-state index >= 15 is 0 Å². The summed E-state index contributed by atoms with van der Waals surface area (Å²) in [6.07, 6.45) is 4.38. The molecule has 0 spiro atoms. The van der Waals surface area contributed by atoms with E-state index in [-0.39, 0.29) is 23.4 Å². The van der Waals surface area contributed by atoms with E-state index in [1.54, 1.807) is 12.1 Å². The van der Waals surface area contributed by atoms with Crippen LogP contribution in [0.5, 0.6) is 5.75 Å². The molecule has 0 radical (unpaired) electrons. The molecule has 198 valence electrons. The van der Waals surface area contributed by atoms with Gasteiger partial charge in [0.25, 0.3) is 5.91 Å². The second kappa shape index (κ2) is 11.2. The quantitative estimate of drug-likeness (QED) is 0.457. The zero-order valence-electron chi connectivity index (χ0n) is 20.6. The SMILES string of the molecule is CC(c1cc(Cl)cc(Cl)c1C#N)N1CCC(COc2cc(F)c(C(=O)NS(C)(=O)=O)cc2C2CC2)CC1. The summed E-state index contributed by atoms with van der Waals surface area (Å²) in [5, 5.41) is 10.4. The van der Waals surface area contributed by atoms with Gasteiger partial charge in [0, 0.05) is 17.1 Å². The molecular weight excluding hydrogens is 540 g/mol. The topological polar surface area (TPSA) is 99.5 Å². The van der Waals surface area contributed by atoms with E-state index in [4.69, 9.17) is 27.9 Å². The number of benzene rings is 2. The van der Waals surface area contributed by atoms with Gasteiger partial charge in [-0.05, 0) is 86.9 Å². The number of amides is 1. The maximum atomic E-state index is 14.7. The van der Waals surface area contributed by atoms with E-state index < -0.39 is 21.7 Å². The van der Waals surface area contributed by atoms with E-state index in [0.717, 1.165) is 56.2 Å². The molecule has 2 fully saturated rings. The Morgan fingerprint density at radius 2 is 1.89 bits per heavy atom. The summed E-state index contributed by atoms with van der Waals surface area (Å²) >= 11 is 12.4. The number of ether oxygens (including phenoxy) is 1. The summed E-state index contributed by atoms with van der Waals surface area (Å²) < 4.78 is 45.4. The lowest BCUT2D eigenvalue weighted by molar-refractivity contribution is 0.0977. The van der Waals surface area contributed by atoms with Gasteiger partial charge < -0.3 is 4.74 Å². The molecule has 11 heteroatoms. The van der Waals surface area contributed by atoms with Crippen LogP contribution in [0.3, 0.4) is 0 Å². The molecule has 2 aromatic rings. The zero-order valence-corrected chi connectivity index (χ0v) is 22.9. The molecule has 1 saturated heterocycles. The third-order valence-corrected chi connectivity index (χ3v) is 8.03. The number of likely N-dealkylation sites (tertiary alicyclic amines) is 1. The van der Waals surface area contributed by atoms with Crippen molar-refractivity contribution >= 4 is 39.1 Å². The van der Waals surface area contributed by atoms with Crippen molar-refractivity contribution in [3.63, 3.8) is 0 Å². The number of nitrogens with one attached hydrogen (secondary N) is 1. The highest BCUT2D eigenvalue weighted by atomic mass is 35.5. The minimum absolute atomic E-state index is 0.0334. The van der Waals surface area contributed by atoms with Gasteiger partial charge in [0.15, 0.2) is 0 Å². The molecule has 1 unspecified atom stereocenters. The molecule has 1 aliphatic heterocycles. The smallest absolute Gasteiger partial charge is 0.267 e. The lowest BCUT2D eigenvalue weighted by Gasteiger charge is -2.36. The second-order valence-electron chi connectivity index (χ2n) is 9.78. The summed E-state index contributed by atoms with van der Waals surface area (Å²) in [4.78, 5) is 14.5. The van der Waals surface area contributed by atoms with Gasteiger partial charge in [0.2, 0.25) is 10.0 Å². The highest BCUT2D eigenvalue weighted by Crippen LogP contribution is 2.45. The van der Waals surface area contributed by atoms with Crippen LogP contribution in [0.25, 0.3) is 0 Å². The highest BCUT2D eigenvalue weighted by Gasteiger charge is 2.31. The van der Waals surface area contributed by atoms with Crippen LogP contribution in [0.4, 0.5) is 4.39 Å². The Balaban J connectivity index is 1.40. The number of nitrogens with zero attached hydrogens (tertiary/aromatic N) is 2. The summed E-state index contributed by atoms with van der Waals surface area (Å²) in [5.74, 6) is -0.987. The number of nitriles is 1. The number of hydrogen-bond acceptors (Lipinski definition) is 6. The fraction of sp³-hybridized carbons (Fsp3) is 0.462. The van der Waals surface area contributed by atoms with Gasteiger partial charge in [0.1, 0.15) is 17.6 Å². The average molecular weight is 568 g/mol. The third kappa shape index (κ3) is 6.74. The standard InChI is InChI=1S/C26H28Cl2FN3O4S/c1-15(19-9-18(27)10-23(28)22(19)13-30)32-7-5-16(6-8-32)14-36-25-12-24(29)21(11-20(25)17-3-4-17)26(33)31-37(2,34)35/h9-12,15-17H,3-8,14H2,1-2H3,(H,31,33). The Labute approximate surface area is 226 Å². The molecule has 2 aliphatic rings. The predicted molar refractivity (Wildman–Crippen MR) is 140 cm³/mol. The molecule has 37 heavy (non-hydrogen) atoms. The van der Waals surface area contributed by atoms with Crippen LogP contribution in [0.2, 0.25) is 10.0 Å². The van der Waals surface area contributed by atoms with Gasteiger partial charge in [-0.15, -0.1) is 0 Å². The maximum absolute atomic E-state index is 14.7. The van der Waals surface area contributed by atoms with Gasteiger partial charge in [-0.1, -0.05) is 23.2 Å². The third-order valence-electron chi connectivity index (χ3n) is 6.96. The lowest BCUT2D eigenvalue weighted by Crippen LogP contribution is -2.37. The van der Waals surface area contributed by atoms with Gasteiger partial charge in [-0.25, -0.2) is 17.5 Å². The number of carbonyl (C=O) groups excluding carboxylic acids is 1. The van der Waals surface area contributed by atoms with E-state index in [1.165, 1.54) is 12.1 Å². The van der Waals surface area contributed by atoms with Crippen molar-refractivity contribution in [3.8, 4) is 11.8 Å². The Hall–Kier alpha value is -2.38. The van der Waals surface area contributed by atoms with Gasteiger partial charge in [-0.2, -0.15) is 5.26 Å². The normalized spacial score (nSPS) is 17.7. The van der Waals surface area contributed by atoms with Gasteiger partial charge >= 0.3 is 0 Å². The minimum atomic E-state index is -3.81. The van der Waals surface area contributed by atoms with Crippen molar-refractivity contribution in [1.82, 2.24) is 9.62 Å². The van der Waals surface area contributed by atoms with Crippen LogP contribution in [-0.2, 0) is 10.0 Å². The van der Waals surface area contributed by atoms with E-state index in [1.807, 2.05) is 11.6 Å². The van der Waals surface area contributed by atoms with Gasteiger partial charge in [-0.3, -0.25) is 9.69 Å². The Kier molecular flexibility index (Phi) is 8.34. The van der Waals surface area contributed by atoms with E-state index in [0.29, 0.717) is 28.0 Å². The van der Waals surface area contributed by atoms with Gasteiger partial charge in [0.05, 0.1) is 29.0 Å². The van der Waals surface area contributed by atoms with Crippen molar-refractivity contribution < 1.29 is 22.3 Å². The van der Waals surface area contributed by atoms with E-state index in [2.05, 4.69) is 11.0 Å². The van der Waals surface area contributed by atoms with Crippen LogP contribution < -0.4 is 9.46 Å². The molecule has 1 atom stereocenters. The van der Waals surface area contributed by atoms with Crippen LogP contribution in [-0.4, -0.2) is 45.2 Å². The molecule has 7 nitrogen and oxygen atoms in total. The van der Waals surface area contributed by atoms with E-state index in [9.17, 15) is 22.9 Å². The Morgan fingerprint density at radius 3 is 2.49 bits per heavy atom. The number of hydrogen-bond donors (Lipinski definition) is 1. The molecule has 4 rings (SSSR count). The second-order valence-corrected chi connectivity index (χ2v) is 12.4. The molecule has 1 heterocycles. The van der Waals surface area contributed by atoms with Crippen LogP contribution >= 0.6 is 23.2 Å². The summed E-state index contributed by atoms with van der Waals surface area (Å²) in [6, 6.07) is 8.12. The van der Waals surface area contributed by atoms with Crippen molar-refractivity contribution in [3.05, 3.63) is 62.4 Å². The molecule has 0 aromatic heterocycles. The molecule has 2 aromatic carbocycles. The fourth-order valence-corrected chi connectivity index (χ4v) is 5.76. The average Bonchev–Trinajstić information content (AvgIpc) is 3.66. The lowest BCUT2D eigenvalue weighted by atomic mass is 9.94. The minimum Gasteiger partial charge on any atom is -0.493 e. The summed E-state index contributed by atoms with van der Waals surface area (Å²) in [6.45, 7) is 4.02. The molecule has 1 N–H and O–H groups in total. The van der Waals surface area contributed by atoms with Crippen molar-refractivity contribution in [2.45, 2.75) is 44.6 Å². The van der Waals surface area contributed by atoms with Crippen molar-refractivity contribution in [2.24, 2.45) is 5.92 Å². The Bertz CT molecular complexity index is 1350. The number of halogens is 3. The number of rotatable bonds is 8. The summed E-state index contributed by atoms with van der Waals surface area (Å²) in [7, 11) is -3.81. The first-order chi connectivity index (χ1) is 17.5. The first-order valence-electron chi connectivity index (χ1n) is 12.1. The highest BCUT2D eigenvalue weighted by molar-refractivity contribution is 7.89. The number of carbonyl (C=O) groups is 1. The van der Waals surface area contributed by atoms with Crippen LogP contribution in [0.15, 0.2) is 24.3 Å². The zero-order chi connectivity index (χ0) is 26.9. The molecule has 1 aliphatic carbocycles. The Morgan fingerprint density at radius 1 is 1.22 bits per heavy atom. The van der Waals surface area contributed by atoms with Crippen LogP contribution in [0.1, 0.15) is 71.6 Å². The monoisotopic (exact) mass is 567 g/mol. The summed E-state index contributed by atoms with van der Waals surface area (Å²) in [5.41, 5.74) is 1.67. The molecule has 1 saturated carbocycles. The maximum Gasteiger partial charge on any atom is 0.267 e. The molecular formula is C26H28Cl2FN3O4S. The number of piperidine rings is 1. The fourth-order valence-electron chi connectivity index (χ4n) is 4.76. The first-order valence-corrected chi connectivity index (χ1v) is 14.7.